The van der Waals surface area contributed by atoms with Crippen LogP contribution >= 0.6 is 0 Å². The van der Waals surface area contributed by atoms with Gasteiger partial charge in [-0.15, -0.1) is 0 Å². The summed E-state index contributed by atoms with van der Waals surface area (Å²) in [5, 5.41) is 2.76. The van der Waals surface area contributed by atoms with Crippen LogP contribution in [0.25, 0.3) is 0 Å². The number of carbonyl (C=O) groups excluding carboxylic acids is 2. The maximum Gasteiger partial charge on any atom is 0.379 e. The van der Waals surface area contributed by atoms with Gasteiger partial charge in [-0.05, 0) is 37.6 Å². The van der Waals surface area contributed by atoms with Crippen LogP contribution in [0.1, 0.15) is 29.5 Å². The Morgan fingerprint density at radius 3 is 2.67 bits per heavy atom. The number of alkyl halides is 3. The molecule has 2 aromatic rings. The topological polar surface area (TPSA) is 78.4 Å². The van der Waals surface area contributed by atoms with Crippen molar-refractivity contribution in [1.82, 2.24) is 15.3 Å². The van der Waals surface area contributed by atoms with Crippen molar-refractivity contribution in [2.45, 2.75) is 32.5 Å². The minimum absolute atomic E-state index is 0.0305. The van der Waals surface area contributed by atoms with Crippen molar-refractivity contribution in [2.24, 2.45) is 0 Å². The fourth-order valence-electron chi connectivity index (χ4n) is 3.65. The summed E-state index contributed by atoms with van der Waals surface area (Å²) in [7, 11) is 0. The van der Waals surface area contributed by atoms with E-state index in [1.807, 2.05) is 31.2 Å². The lowest BCUT2D eigenvalue weighted by molar-refractivity contribution is -0.118. The van der Waals surface area contributed by atoms with E-state index in [4.69, 9.17) is 0 Å². The Morgan fingerprint density at radius 1 is 1.23 bits per heavy atom. The van der Waals surface area contributed by atoms with Gasteiger partial charge in [0.25, 0.3) is 5.91 Å². The minimum atomic E-state index is -3.67. The highest BCUT2D eigenvalue weighted by Gasteiger charge is 2.40. The molecule has 2 bridgehead atoms. The van der Waals surface area contributed by atoms with Gasteiger partial charge in [0.1, 0.15) is 5.69 Å². The third kappa shape index (κ3) is 4.87. The van der Waals surface area contributed by atoms with Crippen LogP contribution in [0, 0.1) is 0 Å². The van der Waals surface area contributed by atoms with Gasteiger partial charge in [0.15, 0.2) is 5.82 Å². The van der Waals surface area contributed by atoms with Crippen LogP contribution < -0.4 is 15.1 Å². The number of halogens is 3. The Kier molecular flexibility index (Phi) is 6.86. The van der Waals surface area contributed by atoms with Gasteiger partial charge < -0.3 is 10.2 Å². The average molecular weight is 421 g/mol. The molecule has 2 aromatic heterocycles. The van der Waals surface area contributed by atoms with Crippen LogP contribution in [0.3, 0.4) is 0 Å². The van der Waals surface area contributed by atoms with E-state index in [2.05, 4.69) is 20.2 Å². The van der Waals surface area contributed by atoms with E-state index in [1.54, 1.807) is 17.2 Å². The third-order valence-electron chi connectivity index (χ3n) is 4.85. The summed E-state index contributed by atoms with van der Waals surface area (Å²) in [6, 6.07) is 9.28. The maximum absolute atomic E-state index is 13.1. The van der Waals surface area contributed by atoms with Crippen LogP contribution in [0.5, 0.6) is 0 Å². The van der Waals surface area contributed by atoms with E-state index in [1.165, 1.54) is 0 Å². The molecule has 4 heterocycles. The quantitative estimate of drug-likeness (QED) is 0.821. The normalized spacial score (nSPS) is 16.6. The molecule has 0 saturated carbocycles. The fraction of sp³-hybridized carbons (Fsp3) is 0.400. The smallest absolute Gasteiger partial charge is 0.366 e. The van der Waals surface area contributed by atoms with E-state index in [-0.39, 0.29) is 24.3 Å². The van der Waals surface area contributed by atoms with Gasteiger partial charge in [0, 0.05) is 31.5 Å². The van der Waals surface area contributed by atoms with Crippen LogP contribution in [0.2, 0.25) is 0 Å². The molecule has 1 fully saturated rings. The van der Waals surface area contributed by atoms with Crippen molar-refractivity contribution in [3.8, 4) is 0 Å². The number of aromatic nitrogens is 2. The second kappa shape index (κ2) is 9.55. The van der Waals surface area contributed by atoms with Gasteiger partial charge in [0.2, 0.25) is 5.91 Å². The molecule has 0 radical (unpaired) electrons. The Hall–Kier alpha value is -3.17. The van der Waals surface area contributed by atoms with Gasteiger partial charge >= 0.3 is 6.68 Å². The van der Waals surface area contributed by atoms with Crippen LogP contribution in [0.15, 0.2) is 36.5 Å². The second-order valence-corrected chi connectivity index (χ2v) is 6.80. The van der Waals surface area contributed by atoms with E-state index in [9.17, 15) is 22.8 Å². The molecule has 30 heavy (non-hydrogen) atoms. The lowest BCUT2D eigenvalue weighted by atomic mass is 10.1. The van der Waals surface area contributed by atoms with Crippen molar-refractivity contribution in [3.63, 3.8) is 0 Å². The van der Waals surface area contributed by atoms with E-state index < -0.39 is 6.68 Å². The standard InChI is InChI=1S/C19H21N5O2.CHF3/c1-2-20-19(26)15-6-7-16-18(22-15)24(14-8-10-23(16)12-14)17(25)11-13-5-3-4-9-21-13;2-1(3)4/h3-7,9,14H,2,8,10-12H2,1H3,(H,20,26);1H. The molecule has 1 saturated heterocycles. The molecule has 1 N–H and O–H groups in total. The number of nitrogens with zero attached hydrogens (tertiary/aromatic N) is 4. The Labute approximate surface area is 171 Å². The third-order valence-corrected chi connectivity index (χ3v) is 4.85. The first-order chi connectivity index (χ1) is 14.4. The average Bonchev–Trinajstić information content (AvgIpc) is 3.12. The summed E-state index contributed by atoms with van der Waals surface area (Å²) in [6.45, 7) is 0.440. The lowest BCUT2D eigenvalue weighted by Gasteiger charge is -2.36. The van der Waals surface area contributed by atoms with Crippen molar-refractivity contribution < 1.29 is 22.8 Å². The summed E-state index contributed by atoms with van der Waals surface area (Å²) in [6.07, 6.45) is 2.82. The highest BCUT2D eigenvalue weighted by atomic mass is 19.4. The highest BCUT2D eigenvalue weighted by Crippen LogP contribution is 2.39. The fourth-order valence-corrected chi connectivity index (χ4v) is 3.65. The number of hydrogen-bond donors (Lipinski definition) is 1. The van der Waals surface area contributed by atoms with Crippen LogP contribution in [0.4, 0.5) is 24.7 Å². The molecule has 0 spiro atoms. The van der Waals surface area contributed by atoms with Gasteiger partial charge in [-0.1, -0.05) is 6.07 Å². The summed E-state index contributed by atoms with van der Waals surface area (Å²) in [4.78, 5) is 38.0. The predicted molar refractivity (Wildman–Crippen MR) is 105 cm³/mol. The molecule has 7 nitrogen and oxygen atoms in total. The Bertz CT molecular complexity index is 895. The highest BCUT2D eigenvalue weighted by molar-refractivity contribution is 6.00. The summed E-state index contributed by atoms with van der Waals surface area (Å²) in [5.74, 6) is 0.334. The minimum Gasteiger partial charge on any atom is -0.366 e. The molecule has 4 rings (SSSR count). The Balaban J connectivity index is 0.000000589. The predicted octanol–water partition coefficient (Wildman–Crippen LogP) is 2.57. The Morgan fingerprint density at radius 2 is 2.00 bits per heavy atom. The maximum atomic E-state index is 13.1. The zero-order valence-electron chi connectivity index (χ0n) is 16.4. The van der Waals surface area contributed by atoms with Gasteiger partial charge in [-0.2, -0.15) is 13.2 Å². The van der Waals surface area contributed by atoms with Gasteiger partial charge in [-0.25, -0.2) is 4.98 Å². The van der Waals surface area contributed by atoms with Gasteiger partial charge in [0.05, 0.1) is 18.2 Å². The lowest BCUT2D eigenvalue weighted by Crippen LogP contribution is -2.47. The molecular weight excluding hydrogens is 399 g/mol. The molecule has 10 heteroatoms. The number of amides is 2. The number of carbonyl (C=O) groups is 2. The molecule has 0 aromatic carbocycles. The van der Waals surface area contributed by atoms with Crippen molar-refractivity contribution >= 4 is 23.3 Å². The number of hydrogen-bond acceptors (Lipinski definition) is 5. The van der Waals surface area contributed by atoms with Crippen molar-refractivity contribution in [1.29, 1.82) is 0 Å². The molecule has 160 valence electrons. The molecule has 2 aliphatic rings. The van der Waals surface area contributed by atoms with Gasteiger partial charge in [-0.3, -0.25) is 19.5 Å². The zero-order valence-corrected chi connectivity index (χ0v) is 16.4. The molecule has 1 unspecified atom stereocenters. The SMILES string of the molecule is CCNC(=O)c1ccc2c(n1)N(C(=O)Cc1ccccn1)C1CCN2C1.FC(F)F. The molecule has 2 amide bonds. The summed E-state index contributed by atoms with van der Waals surface area (Å²) < 4.78 is 29.0. The second-order valence-electron chi connectivity index (χ2n) is 6.80. The first kappa shape index (κ1) is 21.5. The number of nitrogens with one attached hydrogen (secondary N) is 1. The summed E-state index contributed by atoms with van der Waals surface area (Å²) >= 11 is 0. The van der Waals surface area contributed by atoms with E-state index >= 15 is 0 Å². The monoisotopic (exact) mass is 421 g/mol. The number of fused-ring (bicyclic) bond motifs is 4. The van der Waals surface area contributed by atoms with Crippen molar-refractivity contribution in [3.05, 3.63) is 47.9 Å². The van der Waals surface area contributed by atoms with Crippen molar-refractivity contribution in [2.75, 3.05) is 29.4 Å². The van der Waals surface area contributed by atoms with Crippen LogP contribution in [-0.4, -0.2) is 54.1 Å². The van der Waals surface area contributed by atoms with E-state index in [0.717, 1.165) is 30.9 Å². The number of anilines is 2. The molecule has 1 atom stereocenters. The first-order valence-electron chi connectivity index (χ1n) is 9.59. The zero-order chi connectivity index (χ0) is 21.7. The first-order valence-corrected chi connectivity index (χ1v) is 9.59. The molecule has 2 aliphatic heterocycles. The largest absolute Gasteiger partial charge is 0.379 e. The summed E-state index contributed by atoms with van der Waals surface area (Å²) in [5.41, 5.74) is 1.99. The number of rotatable bonds is 4. The van der Waals surface area contributed by atoms with E-state index in [0.29, 0.717) is 18.1 Å². The molecular formula is C20H22F3N5O2. The molecule has 0 aliphatic carbocycles. The van der Waals surface area contributed by atoms with Crippen LogP contribution in [-0.2, 0) is 11.2 Å². The number of pyridine rings is 2.